The molecule has 2 nitrogen and oxygen atoms in total. The lowest BCUT2D eigenvalue weighted by Gasteiger charge is -2.07. The Kier molecular flexibility index (Phi) is 2.00. The van der Waals surface area contributed by atoms with Gasteiger partial charge >= 0.3 is 0 Å². The van der Waals surface area contributed by atoms with Crippen molar-refractivity contribution in [2.24, 2.45) is 0 Å². The van der Waals surface area contributed by atoms with Gasteiger partial charge in [0.05, 0.1) is 0 Å². The van der Waals surface area contributed by atoms with Crippen LogP contribution in [-0.4, -0.2) is 17.5 Å². The fourth-order valence-electron chi connectivity index (χ4n) is 1.53. The van der Waals surface area contributed by atoms with Gasteiger partial charge in [-0.2, -0.15) is 0 Å². The molecule has 13 heavy (non-hydrogen) atoms. The van der Waals surface area contributed by atoms with Gasteiger partial charge < -0.3 is 4.74 Å². The lowest BCUT2D eigenvalue weighted by Crippen LogP contribution is -2.25. The molecule has 1 aliphatic heterocycles. The van der Waals surface area contributed by atoms with E-state index in [1.54, 1.807) is 18.2 Å². The second kappa shape index (κ2) is 2.93. The molecule has 0 saturated carbocycles. The maximum absolute atomic E-state index is 11.5. The number of ketones is 1. The second-order valence-corrected chi connectivity index (χ2v) is 4.07. The van der Waals surface area contributed by atoms with Gasteiger partial charge in [-0.1, -0.05) is 22.0 Å². The van der Waals surface area contributed by atoms with Gasteiger partial charge in [0.25, 0.3) is 0 Å². The van der Waals surface area contributed by atoms with Crippen molar-refractivity contribution in [1.29, 1.82) is 0 Å². The summed E-state index contributed by atoms with van der Waals surface area (Å²) in [7, 11) is 0. The van der Waals surface area contributed by atoms with Crippen LogP contribution in [0.25, 0.3) is 0 Å². The van der Waals surface area contributed by atoms with Crippen molar-refractivity contribution in [2.75, 3.05) is 0 Å². The Morgan fingerprint density at radius 2 is 2.46 bits per heavy atom. The molecule has 3 heteroatoms. The van der Waals surface area contributed by atoms with Crippen molar-refractivity contribution in [3.63, 3.8) is 0 Å². The fourth-order valence-corrected chi connectivity index (χ4v) is 2.00. The number of ether oxygens (including phenoxy) is 1. The highest BCUT2D eigenvalue weighted by Gasteiger charge is 2.59. The second-order valence-electron chi connectivity index (χ2n) is 3.15. The van der Waals surface area contributed by atoms with Crippen molar-refractivity contribution in [3.8, 4) is 0 Å². The van der Waals surface area contributed by atoms with Gasteiger partial charge in [0, 0.05) is 4.48 Å². The molecular formula is C10H9BrO2. The van der Waals surface area contributed by atoms with E-state index in [4.69, 9.17) is 4.74 Å². The minimum atomic E-state index is -0.679. The molecule has 1 heterocycles. The number of hydrogen-bond acceptors (Lipinski definition) is 2. The van der Waals surface area contributed by atoms with E-state index in [0.717, 1.165) is 10.9 Å². The first-order valence-corrected chi connectivity index (χ1v) is 4.88. The minimum absolute atomic E-state index is 0.0185. The number of carbonyl (C=O) groups is 1. The summed E-state index contributed by atoms with van der Waals surface area (Å²) in [4.78, 5) is 11.5. The maximum atomic E-state index is 11.5. The molecule has 0 aromatic carbocycles. The number of halogens is 1. The van der Waals surface area contributed by atoms with Crippen LogP contribution in [0.3, 0.4) is 0 Å². The summed E-state index contributed by atoms with van der Waals surface area (Å²) in [5, 5.41) is 0. The van der Waals surface area contributed by atoms with Crippen LogP contribution in [0.1, 0.15) is 6.42 Å². The molecule has 0 radical (unpaired) electrons. The van der Waals surface area contributed by atoms with E-state index >= 15 is 0 Å². The van der Waals surface area contributed by atoms with Crippen molar-refractivity contribution in [3.05, 3.63) is 35.4 Å². The highest BCUT2D eigenvalue weighted by atomic mass is 79.9. The summed E-state index contributed by atoms with van der Waals surface area (Å²) >= 11 is 3.33. The number of rotatable bonds is 2. The largest absolute Gasteiger partial charge is 0.352 e. The minimum Gasteiger partial charge on any atom is -0.352 e. The zero-order chi connectivity index (χ0) is 9.47. The molecule has 0 aromatic rings. The highest BCUT2D eigenvalue weighted by Crippen LogP contribution is 2.44. The van der Waals surface area contributed by atoms with Gasteiger partial charge in [-0.25, -0.2) is 0 Å². The average Bonchev–Trinajstić information content (AvgIpc) is 2.74. The van der Waals surface area contributed by atoms with Crippen molar-refractivity contribution in [2.45, 2.75) is 18.1 Å². The third-order valence-electron chi connectivity index (χ3n) is 2.27. The molecule has 1 aliphatic carbocycles. The molecule has 0 aromatic heterocycles. The third kappa shape index (κ3) is 1.32. The van der Waals surface area contributed by atoms with E-state index in [-0.39, 0.29) is 11.9 Å². The van der Waals surface area contributed by atoms with Gasteiger partial charge in [-0.3, -0.25) is 4.79 Å². The maximum Gasteiger partial charge on any atom is 0.194 e. The summed E-state index contributed by atoms with van der Waals surface area (Å²) in [5.74, 6) is 0.0301. The molecule has 1 spiro atoms. The van der Waals surface area contributed by atoms with E-state index < -0.39 is 5.60 Å². The van der Waals surface area contributed by atoms with Crippen LogP contribution in [0.15, 0.2) is 35.4 Å². The topological polar surface area (TPSA) is 29.6 Å². The molecule has 2 unspecified atom stereocenters. The van der Waals surface area contributed by atoms with Gasteiger partial charge in [0.1, 0.15) is 6.10 Å². The highest BCUT2D eigenvalue weighted by molar-refractivity contribution is 9.11. The molecule has 1 saturated heterocycles. The first kappa shape index (κ1) is 8.91. The van der Waals surface area contributed by atoms with Gasteiger partial charge in [-0.15, -0.1) is 6.58 Å². The SMILES string of the molecule is C=CCC1OC12C=C(Br)C=CC2=O. The monoisotopic (exact) mass is 240 g/mol. The average molecular weight is 241 g/mol. The standard InChI is InChI=1S/C10H9BrO2/c1-2-3-9-10(13-9)6-7(11)4-5-8(10)12/h2,4-6,9H,1,3H2. The van der Waals surface area contributed by atoms with Crippen molar-refractivity contribution in [1.82, 2.24) is 0 Å². The Hall–Kier alpha value is -0.670. The molecule has 68 valence electrons. The smallest absolute Gasteiger partial charge is 0.194 e. The van der Waals surface area contributed by atoms with Gasteiger partial charge in [-0.05, 0) is 24.6 Å². The Morgan fingerprint density at radius 1 is 1.69 bits per heavy atom. The molecule has 0 N–H and O–H groups in total. The molecule has 2 rings (SSSR count). The van der Waals surface area contributed by atoms with E-state index in [9.17, 15) is 4.79 Å². The number of allylic oxidation sites excluding steroid dienone is 2. The molecule has 2 atom stereocenters. The molecular weight excluding hydrogens is 232 g/mol. The summed E-state index contributed by atoms with van der Waals surface area (Å²) < 4.78 is 6.29. The van der Waals surface area contributed by atoms with Crippen LogP contribution < -0.4 is 0 Å². The van der Waals surface area contributed by atoms with Crippen LogP contribution in [0, 0.1) is 0 Å². The third-order valence-corrected chi connectivity index (χ3v) is 2.76. The lowest BCUT2D eigenvalue weighted by molar-refractivity contribution is -0.118. The zero-order valence-electron chi connectivity index (χ0n) is 7.00. The lowest BCUT2D eigenvalue weighted by atomic mass is 9.94. The predicted molar refractivity (Wildman–Crippen MR) is 53.6 cm³/mol. The van der Waals surface area contributed by atoms with Crippen LogP contribution >= 0.6 is 15.9 Å². The zero-order valence-corrected chi connectivity index (χ0v) is 8.58. The summed E-state index contributed by atoms with van der Waals surface area (Å²) in [6.07, 6.45) is 7.58. The Bertz CT molecular complexity index is 330. The Balaban J connectivity index is 2.21. The first-order valence-electron chi connectivity index (χ1n) is 4.08. The van der Waals surface area contributed by atoms with Crippen molar-refractivity contribution >= 4 is 21.7 Å². The molecule has 0 bridgehead atoms. The van der Waals surface area contributed by atoms with E-state index in [0.29, 0.717) is 0 Å². The quantitative estimate of drug-likeness (QED) is 0.547. The van der Waals surface area contributed by atoms with E-state index in [1.165, 1.54) is 0 Å². The number of epoxide rings is 1. The number of hydrogen-bond donors (Lipinski definition) is 0. The molecule has 1 fully saturated rings. The first-order chi connectivity index (χ1) is 6.19. The van der Waals surface area contributed by atoms with Crippen LogP contribution in [0.4, 0.5) is 0 Å². The van der Waals surface area contributed by atoms with E-state index in [2.05, 4.69) is 22.5 Å². The fraction of sp³-hybridized carbons (Fsp3) is 0.300. The summed E-state index contributed by atoms with van der Waals surface area (Å²) in [6.45, 7) is 3.62. The summed E-state index contributed by atoms with van der Waals surface area (Å²) in [6, 6.07) is 0. The number of carbonyl (C=O) groups excluding carboxylic acids is 1. The van der Waals surface area contributed by atoms with Crippen LogP contribution in [0.2, 0.25) is 0 Å². The van der Waals surface area contributed by atoms with Crippen molar-refractivity contribution < 1.29 is 9.53 Å². The Morgan fingerprint density at radius 3 is 3.15 bits per heavy atom. The van der Waals surface area contributed by atoms with Crippen LogP contribution in [-0.2, 0) is 9.53 Å². The summed E-state index contributed by atoms with van der Waals surface area (Å²) in [5.41, 5.74) is -0.679. The van der Waals surface area contributed by atoms with Crippen LogP contribution in [0.5, 0.6) is 0 Å². The van der Waals surface area contributed by atoms with Gasteiger partial charge in [0.15, 0.2) is 11.4 Å². The van der Waals surface area contributed by atoms with Gasteiger partial charge in [0.2, 0.25) is 0 Å². The normalized spacial score (nSPS) is 36.2. The van der Waals surface area contributed by atoms with E-state index in [1.807, 2.05) is 6.08 Å². The predicted octanol–water partition coefficient (Wildman–Crippen LogP) is 2.12. The Labute approximate surface area is 85.1 Å². The molecule has 0 amide bonds. The molecule has 2 aliphatic rings.